The predicted octanol–water partition coefficient (Wildman–Crippen LogP) is 0.157. The molecule has 0 saturated heterocycles. The fraction of sp³-hybridized carbons (Fsp3) is 0. The molecule has 1 rings (SSSR count). The quantitative estimate of drug-likeness (QED) is 0.504. The molecule has 7 nitrogen and oxygen atoms in total. The van der Waals surface area contributed by atoms with E-state index in [0.29, 0.717) is 5.69 Å². The number of carboxylic acid groups (broad SMARTS) is 1. The van der Waals surface area contributed by atoms with Gasteiger partial charge in [-0.1, -0.05) is 0 Å². The maximum absolute atomic E-state index is 11.3. The molecule has 1 aromatic carbocycles. The molecule has 15 heavy (non-hydrogen) atoms. The summed E-state index contributed by atoms with van der Waals surface area (Å²) < 4.78 is 22.6. The summed E-state index contributed by atoms with van der Waals surface area (Å²) >= 11 is 0. The summed E-state index contributed by atoms with van der Waals surface area (Å²) in [6, 6.07) is 5.19. The molecule has 0 aliphatic heterocycles. The molecule has 8 heteroatoms. The van der Waals surface area contributed by atoms with Crippen LogP contribution in [0.1, 0.15) is 0 Å². The molecule has 0 heterocycles. The zero-order valence-electron chi connectivity index (χ0n) is 7.38. The Morgan fingerprint density at radius 2 is 1.87 bits per heavy atom. The summed E-state index contributed by atoms with van der Waals surface area (Å²) in [5.74, 6) is 0. The number of carbonyl (C=O) groups is 1. The van der Waals surface area contributed by atoms with E-state index in [0.717, 1.165) is 0 Å². The molecule has 0 radical (unpaired) electrons. The number of rotatable bonds is 3. The van der Waals surface area contributed by atoms with E-state index in [9.17, 15) is 13.2 Å². The van der Waals surface area contributed by atoms with Crippen LogP contribution in [0.2, 0.25) is 0 Å². The molecule has 0 fully saturated rings. The van der Waals surface area contributed by atoms with Crippen molar-refractivity contribution >= 4 is 21.9 Å². The Bertz CT molecular complexity index is 453. The second-order valence-corrected chi connectivity index (χ2v) is 4.17. The van der Waals surface area contributed by atoms with Gasteiger partial charge in [-0.2, -0.15) is 0 Å². The number of nitrogen functional groups attached to an aromatic ring is 1. The molecule has 0 aromatic heterocycles. The van der Waals surface area contributed by atoms with Gasteiger partial charge in [0.15, 0.2) is 0 Å². The molecule has 1 aromatic rings. The number of sulfonamides is 1. The van der Waals surface area contributed by atoms with Gasteiger partial charge in [-0.15, -0.1) is 0 Å². The first-order valence-corrected chi connectivity index (χ1v) is 5.17. The Morgan fingerprint density at radius 1 is 1.33 bits per heavy atom. The lowest BCUT2D eigenvalue weighted by Gasteiger charge is -2.04. The zero-order chi connectivity index (χ0) is 11.5. The van der Waals surface area contributed by atoms with Crippen LogP contribution >= 0.6 is 0 Å². The lowest BCUT2D eigenvalue weighted by molar-refractivity contribution is 0.0724. The van der Waals surface area contributed by atoms with Crippen molar-refractivity contribution in [1.82, 2.24) is 4.89 Å². The van der Waals surface area contributed by atoms with Crippen LogP contribution in [0, 0.1) is 0 Å². The third-order valence-corrected chi connectivity index (χ3v) is 2.62. The molecule has 4 N–H and O–H groups in total. The van der Waals surface area contributed by atoms with Crippen LogP contribution in [0.15, 0.2) is 29.2 Å². The lowest BCUT2D eigenvalue weighted by atomic mass is 10.3. The van der Waals surface area contributed by atoms with E-state index in [-0.39, 0.29) is 4.90 Å². The van der Waals surface area contributed by atoms with E-state index in [2.05, 4.69) is 4.84 Å². The highest BCUT2D eigenvalue weighted by atomic mass is 32.2. The first kappa shape index (κ1) is 11.3. The molecule has 0 aliphatic rings. The van der Waals surface area contributed by atoms with E-state index in [1.54, 1.807) is 0 Å². The number of nitrogens with one attached hydrogen (secondary N) is 1. The first-order chi connectivity index (χ1) is 6.92. The summed E-state index contributed by atoms with van der Waals surface area (Å²) in [4.78, 5) is 15.0. The van der Waals surface area contributed by atoms with Crippen molar-refractivity contribution in [2.24, 2.45) is 0 Å². The minimum atomic E-state index is -3.98. The highest BCUT2D eigenvalue weighted by Gasteiger charge is 2.15. The number of hydrogen-bond acceptors (Lipinski definition) is 5. The van der Waals surface area contributed by atoms with Crippen LogP contribution < -0.4 is 10.6 Å². The van der Waals surface area contributed by atoms with Crippen molar-refractivity contribution in [3.8, 4) is 0 Å². The fourth-order valence-electron chi connectivity index (χ4n) is 0.786. The zero-order valence-corrected chi connectivity index (χ0v) is 8.19. The van der Waals surface area contributed by atoms with E-state index in [1.807, 2.05) is 0 Å². The van der Waals surface area contributed by atoms with Gasteiger partial charge >= 0.3 is 6.16 Å². The van der Waals surface area contributed by atoms with Crippen molar-refractivity contribution in [1.29, 1.82) is 0 Å². The van der Waals surface area contributed by atoms with Crippen LogP contribution in [0.25, 0.3) is 0 Å². The maximum atomic E-state index is 11.3. The molecule has 0 aliphatic carbocycles. The monoisotopic (exact) mass is 232 g/mol. The van der Waals surface area contributed by atoms with Crippen LogP contribution in [0.4, 0.5) is 10.5 Å². The normalized spacial score (nSPS) is 10.9. The average Bonchev–Trinajstić information content (AvgIpc) is 2.16. The smallest absolute Gasteiger partial charge is 0.448 e. The predicted molar refractivity (Wildman–Crippen MR) is 50.3 cm³/mol. The number of benzene rings is 1. The van der Waals surface area contributed by atoms with Gasteiger partial charge < -0.3 is 15.7 Å². The standard InChI is InChI=1S/C7H8N2O5S/c8-5-1-3-6(4-2-5)15(12,13)9-14-7(10)11/h1-4,9H,8H2,(H,10,11). The third kappa shape index (κ3) is 3.11. The van der Waals surface area contributed by atoms with E-state index >= 15 is 0 Å². The first-order valence-electron chi connectivity index (χ1n) is 3.69. The van der Waals surface area contributed by atoms with Crippen molar-refractivity contribution < 1.29 is 23.2 Å². The van der Waals surface area contributed by atoms with E-state index in [4.69, 9.17) is 10.8 Å². The van der Waals surface area contributed by atoms with Gasteiger partial charge in [0.2, 0.25) is 0 Å². The Labute approximate surface area is 85.5 Å². The molecule has 0 unspecified atom stereocenters. The summed E-state index contributed by atoms with van der Waals surface area (Å²) in [5.41, 5.74) is 5.75. The van der Waals surface area contributed by atoms with Crippen molar-refractivity contribution in [2.45, 2.75) is 4.90 Å². The van der Waals surface area contributed by atoms with Gasteiger partial charge in [-0.3, -0.25) is 0 Å². The van der Waals surface area contributed by atoms with Gasteiger partial charge in [0.1, 0.15) is 0 Å². The Kier molecular flexibility index (Phi) is 3.12. The second kappa shape index (κ2) is 4.15. The van der Waals surface area contributed by atoms with Gasteiger partial charge in [0, 0.05) is 5.69 Å². The molecule has 0 spiro atoms. The van der Waals surface area contributed by atoms with Gasteiger partial charge in [-0.25, -0.2) is 13.2 Å². The van der Waals surface area contributed by atoms with Crippen LogP contribution in [0.3, 0.4) is 0 Å². The molecular weight excluding hydrogens is 224 g/mol. The van der Waals surface area contributed by atoms with Crippen molar-refractivity contribution in [3.63, 3.8) is 0 Å². The van der Waals surface area contributed by atoms with Gasteiger partial charge in [-0.05, 0) is 29.2 Å². The van der Waals surface area contributed by atoms with Gasteiger partial charge in [0.25, 0.3) is 10.0 Å². The minimum absolute atomic E-state index is 0.141. The number of anilines is 1. The molecule has 0 atom stereocenters. The number of nitrogens with two attached hydrogens (primary N) is 1. The highest BCUT2D eigenvalue weighted by Crippen LogP contribution is 2.10. The summed E-state index contributed by atoms with van der Waals surface area (Å²) in [6.45, 7) is 0. The van der Waals surface area contributed by atoms with Crippen molar-refractivity contribution in [2.75, 3.05) is 5.73 Å². The maximum Gasteiger partial charge on any atom is 0.526 e. The number of hydrogen-bond donors (Lipinski definition) is 3. The summed E-state index contributed by atoms with van der Waals surface area (Å²) in [7, 11) is -3.98. The van der Waals surface area contributed by atoms with Crippen LogP contribution in [0.5, 0.6) is 0 Å². The molecule has 0 saturated carbocycles. The topological polar surface area (TPSA) is 119 Å². The molecular formula is C7H8N2O5S. The van der Waals surface area contributed by atoms with Crippen LogP contribution in [-0.2, 0) is 14.9 Å². The minimum Gasteiger partial charge on any atom is -0.448 e. The lowest BCUT2D eigenvalue weighted by Crippen LogP contribution is -2.26. The largest absolute Gasteiger partial charge is 0.526 e. The van der Waals surface area contributed by atoms with Gasteiger partial charge in [0.05, 0.1) is 4.90 Å². The van der Waals surface area contributed by atoms with E-state index < -0.39 is 16.2 Å². The Morgan fingerprint density at radius 3 is 2.33 bits per heavy atom. The fourth-order valence-corrected chi connectivity index (χ4v) is 1.56. The van der Waals surface area contributed by atoms with Crippen LogP contribution in [-0.4, -0.2) is 19.7 Å². The molecule has 82 valence electrons. The van der Waals surface area contributed by atoms with E-state index in [1.165, 1.54) is 29.2 Å². The van der Waals surface area contributed by atoms with Crippen molar-refractivity contribution in [3.05, 3.63) is 24.3 Å². The summed E-state index contributed by atoms with van der Waals surface area (Å²) in [5, 5.41) is 8.10. The SMILES string of the molecule is Nc1ccc(S(=O)(=O)NOC(=O)O)cc1. The third-order valence-electron chi connectivity index (χ3n) is 1.43. The Hall–Kier alpha value is -1.80. The molecule has 0 bridgehead atoms. The molecule has 0 amide bonds. The average molecular weight is 232 g/mol. The second-order valence-electron chi connectivity index (χ2n) is 2.52. The Balaban J connectivity index is 2.87. The highest BCUT2D eigenvalue weighted by molar-refractivity contribution is 7.89. The summed E-state index contributed by atoms with van der Waals surface area (Å²) in [6.07, 6.45) is -1.74.